The lowest BCUT2D eigenvalue weighted by Gasteiger charge is -1.96. The van der Waals surface area contributed by atoms with Crippen molar-refractivity contribution in [3.8, 4) is 11.4 Å². The first-order valence-corrected chi connectivity index (χ1v) is 5.90. The van der Waals surface area contributed by atoms with Crippen molar-refractivity contribution in [1.29, 1.82) is 0 Å². The molecule has 90 valence electrons. The molecule has 0 saturated heterocycles. The summed E-state index contributed by atoms with van der Waals surface area (Å²) in [5, 5.41) is 4.87. The molecule has 18 heavy (non-hydrogen) atoms. The van der Waals surface area contributed by atoms with Crippen molar-refractivity contribution in [3.63, 3.8) is 0 Å². The molecule has 2 aromatic heterocycles. The number of aromatic nitrogens is 3. The average Bonchev–Trinajstić information content (AvgIpc) is 2.73. The van der Waals surface area contributed by atoms with Crippen molar-refractivity contribution in [1.82, 2.24) is 14.6 Å². The maximum Gasteiger partial charge on any atom is 0.182 e. The number of aryl methyl sites for hydroxylation is 1. The maximum atomic E-state index is 5.96. The van der Waals surface area contributed by atoms with E-state index in [0.717, 1.165) is 5.56 Å². The summed E-state index contributed by atoms with van der Waals surface area (Å²) in [5.41, 5.74) is 9.08. The van der Waals surface area contributed by atoms with Crippen LogP contribution in [0.3, 0.4) is 0 Å². The smallest absolute Gasteiger partial charge is 0.182 e. The summed E-state index contributed by atoms with van der Waals surface area (Å²) < 4.78 is 1.64. The fourth-order valence-corrected chi connectivity index (χ4v) is 1.89. The molecule has 0 saturated carbocycles. The Morgan fingerprint density at radius 2 is 1.94 bits per heavy atom. The van der Waals surface area contributed by atoms with Crippen molar-refractivity contribution in [2.24, 2.45) is 0 Å². The summed E-state index contributed by atoms with van der Waals surface area (Å²) in [6.07, 6.45) is 1.67. The summed E-state index contributed by atoms with van der Waals surface area (Å²) in [7, 11) is 0. The van der Waals surface area contributed by atoms with E-state index in [1.54, 1.807) is 16.8 Å². The van der Waals surface area contributed by atoms with Gasteiger partial charge in [-0.25, -0.2) is 9.50 Å². The normalized spacial score (nSPS) is 11.0. The summed E-state index contributed by atoms with van der Waals surface area (Å²) in [6, 6.07) is 9.76. The van der Waals surface area contributed by atoms with Crippen molar-refractivity contribution in [2.45, 2.75) is 6.92 Å². The SMILES string of the molecule is Cc1ccc(-c2nc3cc(Cl)c(N)cn3n2)cc1. The van der Waals surface area contributed by atoms with E-state index in [4.69, 9.17) is 17.3 Å². The van der Waals surface area contributed by atoms with Gasteiger partial charge in [-0.15, -0.1) is 5.10 Å². The van der Waals surface area contributed by atoms with Crippen molar-refractivity contribution >= 4 is 22.9 Å². The Labute approximate surface area is 109 Å². The second-order valence-electron chi connectivity index (χ2n) is 4.18. The highest BCUT2D eigenvalue weighted by atomic mass is 35.5. The molecule has 0 aliphatic rings. The zero-order chi connectivity index (χ0) is 12.7. The van der Waals surface area contributed by atoms with Crippen LogP contribution in [0, 0.1) is 6.92 Å². The van der Waals surface area contributed by atoms with E-state index in [0.29, 0.717) is 22.2 Å². The minimum atomic E-state index is 0.490. The van der Waals surface area contributed by atoms with E-state index < -0.39 is 0 Å². The predicted molar refractivity (Wildman–Crippen MR) is 72.6 cm³/mol. The molecule has 0 aliphatic carbocycles. The molecule has 0 aliphatic heterocycles. The molecule has 0 radical (unpaired) electrons. The second-order valence-corrected chi connectivity index (χ2v) is 4.59. The van der Waals surface area contributed by atoms with Crippen LogP contribution < -0.4 is 5.73 Å². The van der Waals surface area contributed by atoms with E-state index in [-0.39, 0.29) is 0 Å². The third kappa shape index (κ3) is 1.80. The highest BCUT2D eigenvalue weighted by Crippen LogP contribution is 2.22. The number of fused-ring (bicyclic) bond motifs is 1. The lowest BCUT2D eigenvalue weighted by atomic mass is 10.1. The molecule has 0 amide bonds. The van der Waals surface area contributed by atoms with Gasteiger partial charge in [0, 0.05) is 11.6 Å². The van der Waals surface area contributed by atoms with Crippen LogP contribution in [-0.4, -0.2) is 14.6 Å². The van der Waals surface area contributed by atoms with Crippen LogP contribution in [0.15, 0.2) is 36.5 Å². The molecule has 0 fully saturated rings. The highest BCUT2D eigenvalue weighted by Gasteiger charge is 2.08. The number of benzene rings is 1. The number of hydrogen-bond donors (Lipinski definition) is 1. The van der Waals surface area contributed by atoms with E-state index in [1.807, 2.05) is 31.2 Å². The molecular formula is C13H11ClN4. The number of pyridine rings is 1. The monoisotopic (exact) mass is 258 g/mol. The number of rotatable bonds is 1. The van der Waals surface area contributed by atoms with Crippen molar-refractivity contribution in [2.75, 3.05) is 5.73 Å². The van der Waals surface area contributed by atoms with Gasteiger partial charge in [-0.1, -0.05) is 41.4 Å². The molecule has 0 atom stereocenters. The van der Waals surface area contributed by atoms with Gasteiger partial charge in [-0.3, -0.25) is 0 Å². The summed E-state index contributed by atoms with van der Waals surface area (Å²) >= 11 is 5.96. The van der Waals surface area contributed by atoms with Gasteiger partial charge in [0.05, 0.1) is 16.9 Å². The van der Waals surface area contributed by atoms with E-state index in [2.05, 4.69) is 10.1 Å². The van der Waals surface area contributed by atoms with Gasteiger partial charge in [-0.05, 0) is 6.92 Å². The van der Waals surface area contributed by atoms with Gasteiger partial charge in [0.25, 0.3) is 0 Å². The third-order valence-electron chi connectivity index (χ3n) is 2.76. The largest absolute Gasteiger partial charge is 0.396 e. The second kappa shape index (κ2) is 3.99. The minimum absolute atomic E-state index is 0.490. The van der Waals surface area contributed by atoms with Crippen LogP contribution in [0.1, 0.15) is 5.56 Å². The van der Waals surface area contributed by atoms with Gasteiger partial charge in [-0.2, -0.15) is 0 Å². The van der Waals surface area contributed by atoms with Crippen molar-refractivity contribution < 1.29 is 0 Å². The molecule has 0 bridgehead atoms. The van der Waals surface area contributed by atoms with Gasteiger partial charge in [0.2, 0.25) is 0 Å². The lowest BCUT2D eigenvalue weighted by Crippen LogP contribution is -1.93. The quantitative estimate of drug-likeness (QED) is 0.730. The Morgan fingerprint density at radius 1 is 1.22 bits per heavy atom. The van der Waals surface area contributed by atoms with Gasteiger partial charge in [0.1, 0.15) is 0 Å². The number of nitrogens with two attached hydrogens (primary N) is 1. The molecule has 5 heteroatoms. The number of hydrogen-bond acceptors (Lipinski definition) is 3. The zero-order valence-electron chi connectivity index (χ0n) is 9.76. The van der Waals surface area contributed by atoms with E-state index in [9.17, 15) is 0 Å². The van der Waals surface area contributed by atoms with Crippen LogP contribution in [-0.2, 0) is 0 Å². The maximum absolute atomic E-state index is 5.96. The van der Waals surface area contributed by atoms with Crippen LogP contribution in [0.25, 0.3) is 17.0 Å². The van der Waals surface area contributed by atoms with Crippen LogP contribution in [0.2, 0.25) is 5.02 Å². The Morgan fingerprint density at radius 3 is 2.67 bits per heavy atom. The number of nitrogens with zero attached hydrogens (tertiary/aromatic N) is 3. The zero-order valence-corrected chi connectivity index (χ0v) is 10.5. The molecule has 2 heterocycles. The molecule has 4 nitrogen and oxygen atoms in total. The summed E-state index contributed by atoms with van der Waals surface area (Å²) in [4.78, 5) is 4.43. The summed E-state index contributed by atoms with van der Waals surface area (Å²) in [6.45, 7) is 2.04. The average molecular weight is 259 g/mol. The van der Waals surface area contributed by atoms with Crippen LogP contribution >= 0.6 is 11.6 Å². The first kappa shape index (κ1) is 11.0. The van der Waals surface area contributed by atoms with Crippen molar-refractivity contribution in [3.05, 3.63) is 47.1 Å². The Bertz CT molecular complexity index is 677. The Kier molecular flexibility index (Phi) is 2.45. The first-order chi connectivity index (χ1) is 8.63. The Hall–Kier alpha value is -2.07. The number of anilines is 1. The Balaban J connectivity index is 2.16. The molecule has 2 N–H and O–H groups in total. The van der Waals surface area contributed by atoms with Crippen LogP contribution in [0.4, 0.5) is 5.69 Å². The van der Waals surface area contributed by atoms with Gasteiger partial charge >= 0.3 is 0 Å². The molecule has 1 aromatic carbocycles. The minimum Gasteiger partial charge on any atom is -0.396 e. The lowest BCUT2D eigenvalue weighted by molar-refractivity contribution is 0.968. The molecule has 0 unspecified atom stereocenters. The van der Waals surface area contributed by atoms with E-state index in [1.165, 1.54) is 5.56 Å². The topological polar surface area (TPSA) is 56.2 Å². The molecular weight excluding hydrogens is 248 g/mol. The first-order valence-electron chi connectivity index (χ1n) is 5.52. The fourth-order valence-electron chi connectivity index (χ4n) is 1.74. The number of nitrogen functional groups attached to an aromatic ring is 1. The summed E-state index contributed by atoms with van der Waals surface area (Å²) in [5.74, 6) is 0.664. The predicted octanol–water partition coefficient (Wildman–Crippen LogP) is 2.94. The molecule has 3 rings (SSSR count). The number of halogens is 1. The molecule has 0 spiro atoms. The fraction of sp³-hybridized carbons (Fsp3) is 0.0769. The van der Waals surface area contributed by atoms with Crippen LogP contribution in [0.5, 0.6) is 0 Å². The van der Waals surface area contributed by atoms with E-state index >= 15 is 0 Å². The van der Waals surface area contributed by atoms with Gasteiger partial charge < -0.3 is 5.73 Å². The highest BCUT2D eigenvalue weighted by molar-refractivity contribution is 6.33. The molecule has 3 aromatic rings. The third-order valence-corrected chi connectivity index (χ3v) is 3.09. The van der Waals surface area contributed by atoms with Gasteiger partial charge in [0.15, 0.2) is 11.5 Å². The standard InChI is InChI=1S/C13H11ClN4/c1-8-2-4-9(5-3-8)13-16-12-6-10(14)11(15)7-18(12)17-13/h2-7H,15H2,1H3.